The third kappa shape index (κ3) is 8.50. The van der Waals surface area contributed by atoms with Gasteiger partial charge >= 0.3 is 0 Å². The maximum absolute atomic E-state index is 5.29. The van der Waals surface area contributed by atoms with Gasteiger partial charge in [-0.15, -0.1) is 0 Å². The van der Waals surface area contributed by atoms with Crippen LogP contribution >= 0.6 is 0 Å². The van der Waals surface area contributed by atoms with Crippen molar-refractivity contribution in [2.45, 2.75) is 34.6 Å². The molecule has 6 nitrogen and oxygen atoms in total. The van der Waals surface area contributed by atoms with Crippen LogP contribution in [-0.2, 0) is 0 Å². The van der Waals surface area contributed by atoms with E-state index in [0.717, 1.165) is 83.2 Å². The fourth-order valence-electron chi connectivity index (χ4n) is 11.6. The third-order valence-corrected chi connectivity index (χ3v) is 15.0. The van der Waals surface area contributed by atoms with E-state index in [9.17, 15) is 0 Å². The van der Waals surface area contributed by atoms with Crippen LogP contribution in [0.1, 0.15) is 40.3 Å². The predicted octanol–water partition coefficient (Wildman–Crippen LogP) is 18.1. The van der Waals surface area contributed by atoms with Crippen molar-refractivity contribution in [3.63, 3.8) is 0 Å². The zero-order valence-electron chi connectivity index (χ0n) is 43.8. The van der Waals surface area contributed by atoms with Crippen LogP contribution in [0.4, 0.5) is 0 Å². The van der Waals surface area contributed by atoms with E-state index in [1.54, 1.807) is 0 Å². The molecule has 0 aliphatic heterocycles. The van der Waals surface area contributed by atoms with Gasteiger partial charge in [0, 0.05) is 67.5 Å². The summed E-state index contributed by atoms with van der Waals surface area (Å²) in [5.41, 5.74) is 22.5. The summed E-state index contributed by atoms with van der Waals surface area (Å²) in [5, 5.41) is 4.64. The second-order valence-corrected chi connectivity index (χ2v) is 20.4. The Morgan fingerprint density at radius 1 is 0.377 bits per heavy atom. The van der Waals surface area contributed by atoms with Gasteiger partial charge in [0.05, 0.1) is 27.8 Å². The zero-order chi connectivity index (χ0) is 52.3. The van der Waals surface area contributed by atoms with Crippen molar-refractivity contribution in [1.29, 1.82) is 0 Å². The lowest BCUT2D eigenvalue weighted by Gasteiger charge is -2.23. The smallest absolute Gasteiger partial charge is 0.164 e. The molecule has 0 saturated carbocycles. The number of allylic oxidation sites excluding steroid dienone is 3. The number of benzene rings is 9. The summed E-state index contributed by atoms with van der Waals surface area (Å²) in [6.07, 6.45) is 3.74. The molecule has 0 atom stereocenters. The molecule has 0 amide bonds. The highest BCUT2D eigenvalue weighted by molar-refractivity contribution is 6.19. The van der Waals surface area contributed by atoms with Gasteiger partial charge < -0.3 is 9.13 Å². The van der Waals surface area contributed by atoms with Gasteiger partial charge in [0.15, 0.2) is 17.5 Å². The molecule has 77 heavy (non-hydrogen) atoms. The third-order valence-electron chi connectivity index (χ3n) is 15.0. The molecule has 6 heteroatoms. The topological polar surface area (TPSA) is 61.4 Å². The average Bonchev–Trinajstić information content (AvgIpc) is 4.02. The quantitative estimate of drug-likeness (QED) is 0.128. The normalized spacial score (nSPS) is 12.0. The van der Waals surface area contributed by atoms with Gasteiger partial charge in [-0.05, 0) is 135 Å². The molecule has 13 aromatic rings. The summed E-state index contributed by atoms with van der Waals surface area (Å²) in [7, 11) is 0. The number of nitrogens with zero attached hydrogens (tertiary/aromatic N) is 6. The molecule has 368 valence electrons. The molecule has 0 aliphatic carbocycles. The fraction of sp³-hybridized carbons (Fsp3) is 0.0704. The van der Waals surface area contributed by atoms with Gasteiger partial charge in [0.25, 0.3) is 0 Å². The largest absolute Gasteiger partial charge is 0.309 e. The predicted molar refractivity (Wildman–Crippen MR) is 322 cm³/mol. The van der Waals surface area contributed by atoms with Crippen molar-refractivity contribution in [3.8, 4) is 62.1 Å². The minimum absolute atomic E-state index is 0.563. The van der Waals surface area contributed by atoms with Crippen LogP contribution in [-0.4, -0.2) is 29.1 Å². The number of hydrogen-bond acceptors (Lipinski definition) is 4. The second kappa shape index (κ2) is 19.2. The Labute approximate surface area is 448 Å². The second-order valence-electron chi connectivity index (χ2n) is 20.4. The van der Waals surface area contributed by atoms with Crippen molar-refractivity contribution in [3.05, 3.63) is 265 Å². The van der Waals surface area contributed by atoms with E-state index in [0.29, 0.717) is 17.5 Å². The molecule has 4 heterocycles. The van der Waals surface area contributed by atoms with Crippen LogP contribution in [0.2, 0.25) is 0 Å². The Morgan fingerprint density at radius 2 is 0.818 bits per heavy atom. The number of aromatic nitrogens is 6. The van der Waals surface area contributed by atoms with E-state index in [-0.39, 0.29) is 0 Å². The molecule has 0 fully saturated rings. The van der Waals surface area contributed by atoms with Gasteiger partial charge in [0.2, 0.25) is 0 Å². The Hall–Kier alpha value is -9.78. The van der Waals surface area contributed by atoms with Gasteiger partial charge in [-0.2, -0.15) is 0 Å². The molecular formula is C71H54N6. The molecule has 0 unspecified atom stereocenters. The lowest BCUT2D eigenvalue weighted by Crippen LogP contribution is -2.07. The number of para-hydroxylation sites is 2. The summed E-state index contributed by atoms with van der Waals surface area (Å²) in [5.74, 6) is 1.76. The lowest BCUT2D eigenvalue weighted by molar-refractivity contribution is 1.07. The van der Waals surface area contributed by atoms with E-state index in [2.05, 4.69) is 225 Å². The maximum Gasteiger partial charge on any atom is 0.164 e. The van der Waals surface area contributed by atoms with Gasteiger partial charge in [-0.1, -0.05) is 174 Å². The van der Waals surface area contributed by atoms with Crippen LogP contribution in [0, 0.1) is 27.7 Å². The van der Waals surface area contributed by atoms with E-state index in [4.69, 9.17) is 21.5 Å². The van der Waals surface area contributed by atoms with E-state index >= 15 is 0 Å². The molecule has 0 aliphatic rings. The van der Waals surface area contributed by atoms with E-state index in [1.807, 2.05) is 48.8 Å². The molecule has 0 spiro atoms. The average molecular weight is 991 g/mol. The number of pyridine rings is 1. The van der Waals surface area contributed by atoms with Crippen LogP contribution in [0.3, 0.4) is 0 Å². The van der Waals surface area contributed by atoms with Crippen molar-refractivity contribution in [1.82, 2.24) is 29.1 Å². The number of fused-ring (bicyclic) bond motifs is 6. The molecule has 4 aromatic heterocycles. The summed E-state index contributed by atoms with van der Waals surface area (Å²) < 4.78 is 4.79. The number of rotatable bonds is 10. The molecule has 13 rings (SSSR count). The molecule has 0 radical (unpaired) electrons. The van der Waals surface area contributed by atoms with Gasteiger partial charge in [0.1, 0.15) is 0 Å². The highest BCUT2D eigenvalue weighted by Gasteiger charge is 2.26. The SMILES string of the molecule is C=C(/C(=C(\C)c1ccncc1)c1cc(-c2nc(-c3ccccc3)nc(-c3ccccc3)n2)ccc1-n1c2ccccc2c2cc(-c3cc(C)cc(C)c3)ccc21)n1c2ccccc2c2cc(-c3cc(C)cc(C)c3)ccc21. The molecule has 9 aromatic carbocycles. The van der Waals surface area contributed by atoms with Crippen LogP contribution in [0.15, 0.2) is 231 Å². The van der Waals surface area contributed by atoms with E-state index in [1.165, 1.54) is 55.3 Å². The first-order valence-electron chi connectivity index (χ1n) is 26.2. The maximum atomic E-state index is 5.29. The summed E-state index contributed by atoms with van der Waals surface area (Å²) in [4.78, 5) is 20.1. The summed E-state index contributed by atoms with van der Waals surface area (Å²) >= 11 is 0. The van der Waals surface area contributed by atoms with Crippen LogP contribution < -0.4 is 0 Å². The van der Waals surface area contributed by atoms with Crippen LogP contribution in [0.5, 0.6) is 0 Å². The Morgan fingerprint density at radius 3 is 1.39 bits per heavy atom. The number of aryl methyl sites for hydroxylation is 4. The summed E-state index contributed by atoms with van der Waals surface area (Å²) in [6.45, 7) is 16.1. The molecule has 0 saturated heterocycles. The van der Waals surface area contributed by atoms with Crippen molar-refractivity contribution in [2.24, 2.45) is 0 Å². The Balaban J connectivity index is 1.11. The minimum Gasteiger partial charge on any atom is -0.309 e. The molecule has 0 N–H and O–H groups in total. The number of hydrogen-bond donors (Lipinski definition) is 0. The monoisotopic (exact) mass is 990 g/mol. The molecular weight excluding hydrogens is 937 g/mol. The standard InChI is InChI=1S/C71H54N6/c1-44-35-45(2)38-56(37-44)53-25-28-65-60(41-53)58-21-13-15-23-63(58)76(65)49(6)68(48(5)50-31-33-72-34-32-50)62-43-55(71-74-69(51-17-9-7-10-18-51)73-70(75-71)52-19-11-8-12-20-52)27-30-67(62)77-64-24-16-14-22-59(64)61-42-54(26-29-66(61)77)57-39-46(3)36-47(4)40-57/h7-43H,6H2,1-5H3/b68-48-. The van der Waals surface area contributed by atoms with Crippen molar-refractivity contribution < 1.29 is 0 Å². The highest BCUT2D eigenvalue weighted by atomic mass is 15.0. The molecule has 0 bridgehead atoms. The highest BCUT2D eigenvalue weighted by Crippen LogP contribution is 2.45. The van der Waals surface area contributed by atoms with E-state index < -0.39 is 0 Å². The first-order chi connectivity index (χ1) is 37.6. The lowest BCUT2D eigenvalue weighted by atomic mass is 9.91. The fourth-order valence-corrected chi connectivity index (χ4v) is 11.6. The van der Waals surface area contributed by atoms with Crippen LogP contribution in [0.25, 0.3) is 123 Å². The Bertz CT molecular complexity index is 4410. The van der Waals surface area contributed by atoms with Crippen molar-refractivity contribution in [2.75, 3.05) is 0 Å². The van der Waals surface area contributed by atoms with Crippen molar-refractivity contribution >= 4 is 60.5 Å². The summed E-state index contributed by atoms with van der Waals surface area (Å²) in [6, 6.07) is 76.0. The Kier molecular flexibility index (Phi) is 11.7. The van der Waals surface area contributed by atoms with Gasteiger partial charge in [-0.25, -0.2) is 15.0 Å². The first-order valence-corrected chi connectivity index (χ1v) is 26.2. The minimum atomic E-state index is 0.563. The first kappa shape index (κ1) is 47.0. The van der Waals surface area contributed by atoms with Gasteiger partial charge in [-0.3, -0.25) is 4.98 Å². The zero-order valence-corrected chi connectivity index (χ0v) is 43.8.